The van der Waals surface area contributed by atoms with Gasteiger partial charge >= 0.3 is 0 Å². The number of carbonyl (C=O) groups is 2. The lowest BCUT2D eigenvalue weighted by Gasteiger charge is -2.22. The smallest absolute Gasteiger partial charge is 0.238 e. The van der Waals surface area contributed by atoms with Crippen LogP contribution in [0, 0.1) is 0 Å². The Balaban J connectivity index is 1.45. The Morgan fingerprint density at radius 2 is 1.81 bits per heavy atom. The lowest BCUT2D eigenvalue weighted by atomic mass is 10.1. The van der Waals surface area contributed by atoms with Gasteiger partial charge in [0.05, 0.1) is 24.4 Å². The maximum absolute atomic E-state index is 12.7. The van der Waals surface area contributed by atoms with E-state index in [0.717, 1.165) is 24.3 Å². The molecule has 0 radical (unpaired) electrons. The third-order valence-corrected chi connectivity index (χ3v) is 5.86. The lowest BCUT2D eigenvalue weighted by molar-refractivity contribution is -0.131. The number of rotatable bonds is 7. The zero-order valence-electron chi connectivity index (χ0n) is 17.6. The summed E-state index contributed by atoms with van der Waals surface area (Å²) < 4.78 is 5.16. The van der Waals surface area contributed by atoms with Crippen molar-refractivity contribution < 1.29 is 14.3 Å². The number of methoxy groups -OCH3 is 1. The second-order valence-electron chi connectivity index (χ2n) is 7.53. The maximum atomic E-state index is 12.7. The van der Waals surface area contributed by atoms with Crippen molar-refractivity contribution in [2.45, 2.75) is 19.3 Å². The van der Waals surface area contributed by atoms with Crippen molar-refractivity contribution in [2.75, 3.05) is 45.2 Å². The summed E-state index contributed by atoms with van der Waals surface area (Å²) in [6.07, 6.45) is 2.01. The van der Waals surface area contributed by atoms with Gasteiger partial charge in [0.1, 0.15) is 5.75 Å². The first kappa shape index (κ1) is 23.4. The first-order valence-electron chi connectivity index (χ1n) is 10.3. The third-order valence-electron chi connectivity index (χ3n) is 5.30. The first-order chi connectivity index (χ1) is 14.9. The molecule has 2 aromatic rings. The fourth-order valence-electron chi connectivity index (χ4n) is 3.57. The van der Waals surface area contributed by atoms with Crippen molar-refractivity contribution in [3.63, 3.8) is 0 Å². The quantitative estimate of drug-likeness (QED) is 0.670. The van der Waals surface area contributed by atoms with Crippen LogP contribution in [0.5, 0.6) is 5.75 Å². The normalized spacial score (nSPS) is 14.7. The van der Waals surface area contributed by atoms with Crippen LogP contribution in [0.2, 0.25) is 10.0 Å². The molecule has 1 heterocycles. The summed E-state index contributed by atoms with van der Waals surface area (Å²) in [4.78, 5) is 29.1. The molecular formula is C23H27Cl2N3O3. The number of amides is 2. The molecule has 0 atom stereocenters. The molecule has 0 bridgehead atoms. The van der Waals surface area contributed by atoms with E-state index in [-0.39, 0.29) is 18.4 Å². The Labute approximate surface area is 193 Å². The van der Waals surface area contributed by atoms with E-state index in [1.54, 1.807) is 25.3 Å². The van der Waals surface area contributed by atoms with Crippen LogP contribution in [-0.4, -0.2) is 61.4 Å². The fraction of sp³-hybridized carbons (Fsp3) is 0.391. The number of nitrogens with one attached hydrogen (secondary N) is 1. The average molecular weight is 464 g/mol. The zero-order chi connectivity index (χ0) is 22.2. The van der Waals surface area contributed by atoms with Crippen LogP contribution < -0.4 is 10.1 Å². The SMILES string of the molecule is COc1ccc(CCC(=O)N2CCCN(CC(=O)Nc3cc(Cl)ccc3Cl)CC2)cc1. The van der Waals surface area contributed by atoms with Crippen LogP contribution in [0.1, 0.15) is 18.4 Å². The summed E-state index contributed by atoms with van der Waals surface area (Å²) in [7, 11) is 1.64. The molecule has 1 saturated heterocycles. The van der Waals surface area contributed by atoms with Gasteiger partial charge in [-0.05, 0) is 48.7 Å². The van der Waals surface area contributed by atoms with E-state index in [0.29, 0.717) is 48.2 Å². The minimum Gasteiger partial charge on any atom is -0.497 e. The minimum atomic E-state index is -0.150. The molecule has 1 aliphatic heterocycles. The van der Waals surface area contributed by atoms with Crippen LogP contribution in [0.25, 0.3) is 0 Å². The molecule has 166 valence electrons. The van der Waals surface area contributed by atoms with E-state index in [1.807, 2.05) is 29.2 Å². The van der Waals surface area contributed by atoms with Gasteiger partial charge < -0.3 is 15.0 Å². The second kappa shape index (κ2) is 11.4. The molecule has 1 aliphatic rings. The van der Waals surface area contributed by atoms with Crippen molar-refractivity contribution in [2.24, 2.45) is 0 Å². The van der Waals surface area contributed by atoms with E-state index in [9.17, 15) is 9.59 Å². The molecule has 6 nitrogen and oxygen atoms in total. The molecule has 2 amide bonds. The van der Waals surface area contributed by atoms with E-state index in [2.05, 4.69) is 10.2 Å². The molecular weight excluding hydrogens is 437 g/mol. The summed E-state index contributed by atoms with van der Waals surface area (Å²) in [5.41, 5.74) is 1.62. The zero-order valence-corrected chi connectivity index (χ0v) is 19.1. The topological polar surface area (TPSA) is 61.9 Å². The molecule has 0 spiro atoms. The summed E-state index contributed by atoms with van der Waals surface area (Å²) in [6.45, 7) is 2.99. The summed E-state index contributed by atoms with van der Waals surface area (Å²) >= 11 is 12.1. The fourth-order valence-corrected chi connectivity index (χ4v) is 3.90. The first-order valence-corrected chi connectivity index (χ1v) is 11.1. The van der Waals surface area contributed by atoms with E-state index in [1.165, 1.54) is 0 Å². The van der Waals surface area contributed by atoms with Gasteiger partial charge in [0.2, 0.25) is 11.8 Å². The van der Waals surface area contributed by atoms with Crippen LogP contribution in [0.15, 0.2) is 42.5 Å². The van der Waals surface area contributed by atoms with Gasteiger partial charge in [-0.15, -0.1) is 0 Å². The van der Waals surface area contributed by atoms with Gasteiger partial charge in [0.15, 0.2) is 0 Å². The van der Waals surface area contributed by atoms with Crippen LogP contribution >= 0.6 is 23.2 Å². The van der Waals surface area contributed by atoms with E-state index >= 15 is 0 Å². The van der Waals surface area contributed by atoms with Gasteiger partial charge in [-0.2, -0.15) is 0 Å². The Bertz CT molecular complexity index is 905. The molecule has 0 saturated carbocycles. The van der Waals surface area contributed by atoms with Crippen molar-refractivity contribution >= 4 is 40.7 Å². The minimum absolute atomic E-state index is 0.146. The number of hydrogen-bond donors (Lipinski definition) is 1. The molecule has 2 aromatic carbocycles. The number of anilines is 1. The highest BCUT2D eigenvalue weighted by Gasteiger charge is 2.20. The van der Waals surface area contributed by atoms with Gasteiger partial charge in [-0.25, -0.2) is 0 Å². The van der Waals surface area contributed by atoms with Gasteiger partial charge in [0, 0.05) is 37.6 Å². The second-order valence-corrected chi connectivity index (χ2v) is 8.37. The highest BCUT2D eigenvalue weighted by molar-refractivity contribution is 6.35. The summed E-state index contributed by atoms with van der Waals surface area (Å²) in [6, 6.07) is 12.8. The highest BCUT2D eigenvalue weighted by Crippen LogP contribution is 2.25. The van der Waals surface area contributed by atoms with Crippen LogP contribution in [-0.2, 0) is 16.0 Å². The molecule has 0 aliphatic carbocycles. The number of halogens is 2. The predicted octanol–water partition coefficient (Wildman–Crippen LogP) is 4.11. The van der Waals surface area contributed by atoms with Crippen molar-refractivity contribution in [3.8, 4) is 5.75 Å². The Morgan fingerprint density at radius 1 is 1.03 bits per heavy atom. The molecule has 0 unspecified atom stereocenters. The standard InChI is InChI=1S/C23H27Cl2N3O3/c1-31-19-7-3-17(4-8-19)5-10-23(30)28-12-2-11-27(13-14-28)16-22(29)26-21-15-18(24)6-9-20(21)25/h3-4,6-9,15H,2,5,10-14,16H2,1H3,(H,26,29). The molecule has 1 N–H and O–H groups in total. The Kier molecular flexibility index (Phi) is 8.58. The van der Waals surface area contributed by atoms with Crippen LogP contribution in [0.3, 0.4) is 0 Å². The number of carbonyl (C=O) groups excluding carboxylic acids is 2. The van der Waals surface area contributed by atoms with Crippen molar-refractivity contribution in [1.82, 2.24) is 9.80 Å². The van der Waals surface area contributed by atoms with Crippen molar-refractivity contribution in [1.29, 1.82) is 0 Å². The number of aryl methyl sites for hydroxylation is 1. The van der Waals surface area contributed by atoms with Crippen molar-refractivity contribution in [3.05, 3.63) is 58.1 Å². The predicted molar refractivity (Wildman–Crippen MR) is 124 cm³/mol. The molecule has 31 heavy (non-hydrogen) atoms. The Morgan fingerprint density at radius 3 is 2.55 bits per heavy atom. The number of nitrogens with zero attached hydrogens (tertiary/aromatic N) is 2. The molecule has 0 aromatic heterocycles. The number of hydrogen-bond acceptors (Lipinski definition) is 4. The average Bonchev–Trinajstić information content (AvgIpc) is 3.00. The van der Waals surface area contributed by atoms with E-state index < -0.39 is 0 Å². The monoisotopic (exact) mass is 463 g/mol. The van der Waals surface area contributed by atoms with E-state index in [4.69, 9.17) is 27.9 Å². The van der Waals surface area contributed by atoms with Crippen LogP contribution in [0.4, 0.5) is 5.69 Å². The summed E-state index contributed by atoms with van der Waals surface area (Å²) in [5, 5.41) is 3.77. The van der Waals surface area contributed by atoms with Gasteiger partial charge in [0.25, 0.3) is 0 Å². The third kappa shape index (κ3) is 7.13. The molecule has 1 fully saturated rings. The Hall–Kier alpha value is -2.28. The highest BCUT2D eigenvalue weighted by atomic mass is 35.5. The number of ether oxygens (including phenoxy) is 1. The number of benzene rings is 2. The summed E-state index contributed by atoms with van der Waals surface area (Å²) in [5.74, 6) is 0.806. The lowest BCUT2D eigenvalue weighted by Crippen LogP contribution is -2.38. The largest absolute Gasteiger partial charge is 0.497 e. The molecule has 3 rings (SSSR count). The van der Waals surface area contributed by atoms with Gasteiger partial charge in [-0.1, -0.05) is 35.3 Å². The maximum Gasteiger partial charge on any atom is 0.238 e. The van der Waals surface area contributed by atoms with Gasteiger partial charge in [-0.3, -0.25) is 14.5 Å². The molecule has 8 heteroatoms.